The molecule has 7 heteroatoms. The highest BCUT2D eigenvalue weighted by molar-refractivity contribution is 6.02. The van der Waals surface area contributed by atoms with Gasteiger partial charge in [-0.05, 0) is 0 Å². The summed E-state index contributed by atoms with van der Waals surface area (Å²) in [6, 6.07) is 0. The first-order valence-electron chi connectivity index (χ1n) is 5.72. The number of carbonyl (C=O) groups is 4. The highest BCUT2D eigenvalue weighted by Crippen LogP contribution is 2.12. The number of hydrogen-bond acceptors (Lipinski definition) is 4. The summed E-state index contributed by atoms with van der Waals surface area (Å²) in [5, 5.41) is 8.64. The maximum Gasteiger partial charge on any atom is 0.323 e. The molecule has 0 aromatic heterocycles. The topological polar surface area (TPSA) is 95.0 Å². The molecule has 1 saturated heterocycles. The highest BCUT2D eigenvalue weighted by atomic mass is 16.4. The fourth-order valence-corrected chi connectivity index (χ4v) is 1.74. The quantitative estimate of drug-likeness (QED) is 0.495. The van der Waals surface area contributed by atoms with Crippen LogP contribution in [0.2, 0.25) is 0 Å². The van der Waals surface area contributed by atoms with Gasteiger partial charge in [-0.1, -0.05) is 5.92 Å². The molecule has 19 heavy (non-hydrogen) atoms. The number of carboxylic acid groups (broad SMARTS) is 1. The predicted molar refractivity (Wildman–Crippen MR) is 63.6 cm³/mol. The Kier molecular flexibility index (Phi) is 5.06. The van der Waals surface area contributed by atoms with Crippen LogP contribution >= 0.6 is 0 Å². The first-order chi connectivity index (χ1) is 8.95. The van der Waals surface area contributed by atoms with Crippen LogP contribution in [0.25, 0.3) is 0 Å². The Morgan fingerprint density at radius 2 is 1.89 bits per heavy atom. The molecule has 0 spiro atoms. The molecular formula is C12H14N2O5. The number of nitrogens with zero attached hydrogens (tertiary/aromatic N) is 2. The van der Waals surface area contributed by atoms with E-state index in [1.165, 1.54) is 0 Å². The zero-order valence-electron chi connectivity index (χ0n) is 10.3. The Bertz CT molecular complexity index is 436. The summed E-state index contributed by atoms with van der Waals surface area (Å²) in [6.45, 7) is -0.644. The van der Waals surface area contributed by atoms with E-state index in [0.717, 1.165) is 9.80 Å². The van der Waals surface area contributed by atoms with E-state index in [9.17, 15) is 19.2 Å². The Balaban J connectivity index is 2.52. The van der Waals surface area contributed by atoms with Gasteiger partial charge in [0.2, 0.25) is 17.7 Å². The minimum atomic E-state index is -1.17. The number of rotatable bonds is 6. The van der Waals surface area contributed by atoms with E-state index in [0.29, 0.717) is 0 Å². The maximum absolute atomic E-state index is 11.8. The van der Waals surface area contributed by atoms with Crippen molar-refractivity contribution < 1.29 is 24.3 Å². The number of hydrogen-bond donors (Lipinski definition) is 1. The predicted octanol–water partition coefficient (Wildman–Crippen LogP) is -0.928. The summed E-state index contributed by atoms with van der Waals surface area (Å²) in [7, 11) is 0. The third-order valence-electron chi connectivity index (χ3n) is 2.67. The van der Waals surface area contributed by atoms with Gasteiger partial charge in [-0.25, -0.2) is 0 Å². The molecule has 7 nitrogen and oxygen atoms in total. The van der Waals surface area contributed by atoms with Crippen LogP contribution < -0.4 is 0 Å². The van der Waals surface area contributed by atoms with Crippen LogP contribution in [0.5, 0.6) is 0 Å². The number of carbonyl (C=O) groups excluding carboxylic acids is 3. The largest absolute Gasteiger partial charge is 0.480 e. The van der Waals surface area contributed by atoms with Crippen LogP contribution in [0.4, 0.5) is 0 Å². The van der Waals surface area contributed by atoms with Crippen molar-refractivity contribution in [3.8, 4) is 12.3 Å². The second-order valence-electron chi connectivity index (χ2n) is 4.04. The summed E-state index contributed by atoms with van der Waals surface area (Å²) < 4.78 is 0. The van der Waals surface area contributed by atoms with Crippen molar-refractivity contribution in [3.05, 3.63) is 0 Å². The molecule has 0 unspecified atom stereocenters. The van der Waals surface area contributed by atoms with Gasteiger partial charge >= 0.3 is 5.97 Å². The Morgan fingerprint density at radius 3 is 2.37 bits per heavy atom. The molecule has 1 fully saturated rings. The van der Waals surface area contributed by atoms with Crippen LogP contribution in [0, 0.1) is 12.3 Å². The van der Waals surface area contributed by atoms with Crippen molar-refractivity contribution in [1.82, 2.24) is 9.80 Å². The lowest BCUT2D eigenvalue weighted by Gasteiger charge is -2.19. The maximum atomic E-state index is 11.8. The fourth-order valence-electron chi connectivity index (χ4n) is 1.74. The molecule has 1 aliphatic heterocycles. The molecule has 0 atom stereocenters. The Hall–Kier alpha value is -2.36. The van der Waals surface area contributed by atoms with Gasteiger partial charge in [0.15, 0.2) is 0 Å². The lowest BCUT2D eigenvalue weighted by atomic mass is 10.3. The average Bonchev–Trinajstić information content (AvgIpc) is 2.65. The van der Waals surface area contributed by atoms with Gasteiger partial charge < -0.3 is 10.0 Å². The van der Waals surface area contributed by atoms with Crippen molar-refractivity contribution in [2.75, 3.05) is 19.6 Å². The second kappa shape index (κ2) is 6.54. The van der Waals surface area contributed by atoms with Crippen LogP contribution in [0.3, 0.4) is 0 Å². The molecular weight excluding hydrogens is 252 g/mol. The normalized spacial score (nSPS) is 14.4. The number of aliphatic carboxylic acids is 1. The lowest BCUT2D eigenvalue weighted by molar-refractivity contribution is -0.145. The van der Waals surface area contributed by atoms with Crippen LogP contribution in [0.15, 0.2) is 0 Å². The molecule has 3 amide bonds. The van der Waals surface area contributed by atoms with Gasteiger partial charge in [0.25, 0.3) is 0 Å². The van der Waals surface area contributed by atoms with E-state index in [2.05, 4.69) is 5.92 Å². The molecule has 1 aliphatic rings. The zero-order valence-corrected chi connectivity index (χ0v) is 10.3. The standard InChI is InChI=1S/C12H14N2O5/c1-2-6-13(8-12(18)19)9(15)5-7-14-10(16)3-4-11(14)17/h1H,3-8H2,(H,18,19). The van der Waals surface area contributed by atoms with E-state index in [1.54, 1.807) is 0 Å². The highest BCUT2D eigenvalue weighted by Gasteiger charge is 2.29. The molecule has 0 aromatic rings. The van der Waals surface area contributed by atoms with E-state index in [-0.39, 0.29) is 44.2 Å². The zero-order chi connectivity index (χ0) is 14.4. The average molecular weight is 266 g/mol. The van der Waals surface area contributed by atoms with Crippen molar-refractivity contribution in [2.45, 2.75) is 19.3 Å². The molecule has 0 saturated carbocycles. The summed E-state index contributed by atoms with van der Waals surface area (Å²) in [5.74, 6) is -0.0804. The Labute approximate surface area is 110 Å². The molecule has 0 aromatic carbocycles. The first-order valence-corrected chi connectivity index (χ1v) is 5.72. The van der Waals surface area contributed by atoms with Gasteiger partial charge in [0.1, 0.15) is 6.54 Å². The minimum Gasteiger partial charge on any atom is -0.480 e. The monoisotopic (exact) mass is 266 g/mol. The number of imide groups is 1. The third kappa shape index (κ3) is 4.10. The van der Waals surface area contributed by atoms with Gasteiger partial charge in [-0.3, -0.25) is 24.1 Å². The number of likely N-dealkylation sites (tertiary alicyclic amines) is 1. The lowest BCUT2D eigenvalue weighted by Crippen LogP contribution is -2.39. The van der Waals surface area contributed by atoms with Crippen molar-refractivity contribution >= 4 is 23.7 Å². The van der Waals surface area contributed by atoms with Crippen LogP contribution in [-0.2, 0) is 19.2 Å². The number of carboxylic acids is 1. The van der Waals surface area contributed by atoms with E-state index in [4.69, 9.17) is 11.5 Å². The summed E-state index contributed by atoms with van der Waals surface area (Å²) in [4.78, 5) is 47.0. The molecule has 102 valence electrons. The third-order valence-corrected chi connectivity index (χ3v) is 2.67. The van der Waals surface area contributed by atoms with Crippen molar-refractivity contribution in [3.63, 3.8) is 0 Å². The molecule has 0 bridgehead atoms. The molecule has 1 rings (SSSR count). The van der Waals surface area contributed by atoms with Crippen LogP contribution in [-0.4, -0.2) is 58.2 Å². The van der Waals surface area contributed by atoms with Gasteiger partial charge in [0.05, 0.1) is 6.54 Å². The van der Waals surface area contributed by atoms with Crippen molar-refractivity contribution in [2.24, 2.45) is 0 Å². The SMILES string of the molecule is C#CCN(CC(=O)O)C(=O)CCN1C(=O)CCC1=O. The summed E-state index contributed by atoms with van der Waals surface area (Å²) in [5.41, 5.74) is 0. The van der Waals surface area contributed by atoms with E-state index < -0.39 is 18.4 Å². The van der Waals surface area contributed by atoms with Gasteiger partial charge in [0, 0.05) is 25.8 Å². The molecule has 1 heterocycles. The summed E-state index contributed by atoms with van der Waals surface area (Å²) >= 11 is 0. The Morgan fingerprint density at radius 1 is 1.32 bits per heavy atom. The molecule has 0 aliphatic carbocycles. The van der Waals surface area contributed by atoms with Gasteiger partial charge in [-0.15, -0.1) is 6.42 Å². The minimum absolute atomic E-state index is 0.0306. The number of terminal acetylenes is 1. The first kappa shape index (κ1) is 14.7. The fraction of sp³-hybridized carbons (Fsp3) is 0.500. The van der Waals surface area contributed by atoms with Gasteiger partial charge in [-0.2, -0.15) is 0 Å². The second-order valence-corrected chi connectivity index (χ2v) is 4.04. The molecule has 0 radical (unpaired) electrons. The summed E-state index contributed by atoms with van der Waals surface area (Å²) in [6.07, 6.45) is 5.26. The van der Waals surface area contributed by atoms with Crippen LogP contribution in [0.1, 0.15) is 19.3 Å². The van der Waals surface area contributed by atoms with E-state index >= 15 is 0 Å². The smallest absolute Gasteiger partial charge is 0.323 e. The van der Waals surface area contributed by atoms with E-state index in [1.807, 2.05) is 0 Å². The van der Waals surface area contributed by atoms with Crippen molar-refractivity contribution in [1.29, 1.82) is 0 Å². The number of amides is 3. The molecule has 1 N–H and O–H groups in total.